The van der Waals surface area contributed by atoms with Crippen LogP contribution in [0.1, 0.15) is 11.1 Å². The van der Waals surface area contributed by atoms with Crippen LogP contribution in [0.4, 0.5) is 5.69 Å². The molecule has 4 aromatic carbocycles. The number of rotatable bonds is 5. The van der Waals surface area contributed by atoms with Crippen LogP contribution in [0.5, 0.6) is 0 Å². The summed E-state index contributed by atoms with van der Waals surface area (Å²) in [4.78, 5) is 5.17. The van der Waals surface area contributed by atoms with Gasteiger partial charge in [0.05, 0.1) is 28.0 Å². The van der Waals surface area contributed by atoms with E-state index in [1.807, 2.05) is 24.3 Å². The summed E-state index contributed by atoms with van der Waals surface area (Å²) >= 11 is 0. The fourth-order valence-corrected chi connectivity index (χ4v) is 4.67. The van der Waals surface area contributed by atoms with Crippen LogP contribution in [-0.4, -0.2) is 10.3 Å². The molecule has 0 saturated heterocycles. The molecule has 4 nitrogen and oxygen atoms in total. The smallest absolute Gasteiger partial charge is 0.115 e. The van der Waals surface area contributed by atoms with Crippen molar-refractivity contribution >= 4 is 33.2 Å². The molecular formula is C30H23N3O. The molecule has 0 atom stereocenters. The molecule has 0 fully saturated rings. The molecule has 0 saturated carbocycles. The number of fused-ring (bicyclic) bond motifs is 3. The van der Waals surface area contributed by atoms with Gasteiger partial charge in [-0.1, -0.05) is 91.0 Å². The second-order valence-corrected chi connectivity index (χ2v) is 8.26. The maximum absolute atomic E-state index is 6.32. The van der Waals surface area contributed by atoms with Gasteiger partial charge in [0.25, 0.3) is 0 Å². The molecule has 0 aliphatic heterocycles. The summed E-state index contributed by atoms with van der Waals surface area (Å²) in [6.07, 6.45) is 3.25. The zero-order chi connectivity index (χ0) is 22.9. The SMILES string of the molecule is Nc1cocc1/C(=N\Cn1c2ccccc2c2ccccc21)c1ccccc1-c1ccccc1. The van der Waals surface area contributed by atoms with Gasteiger partial charge in [-0.15, -0.1) is 0 Å². The summed E-state index contributed by atoms with van der Waals surface area (Å²) in [5, 5.41) is 2.45. The van der Waals surface area contributed by atoms with Crippen LogP contribution < -0.4 is 5.73 Å². The molecule has 2 N–H and O–H groups in total. The molecule has 0 amide bonds. The van der Waals surface area contributed by atoms with Crippen LogP contribution >= 0.6 is 0 Å². The second kappa shape index (κ2) is 8.41. The van der Waals surface area contributed by atoms with Crippen molar-refractivity contribution in [2.45, 2.75) is 6.67 Å². The van der Waals surface area contributed by atoms with Gasteiger partial charge in [-0.25, -0.2) is 0 Å². The van der Waals surface area contributed by atoms with E-state index >= 15 is 0 Å². The first kappa shape index (κ1) is 20.1. The third-order valence-corrected chi connectivity index (χ3v) is 6.26. The van der Waals surface area contributed by atoms with Gasteiger partial charge in [0.1, 0.15) is 19.2 Å². The Kier molecular flexibility index (Phi) is 4.96. The van der Waals surface area contributed by atoms with E-state index in [2.05, 4.69) is 83.4 Å². The van der Waals surface area contributed by atoms with Gasteiger partial charge in [-0.05, 0) is 23.3 Å². The van der Waals surface area contributed by atoms with E-state index < -0.39 is 0 Å². The van der Waals surface area contributed by atoms with Crippen LogP contribution in [0.15, 0.2) is 125 Å². The molecule has 4 heteroatoms. The number of anilines is 1. The fraction of sp³-hybridized carbons (Fsp3) is 0.0333. The number of hydrogen-bond donors (Lipinski definition) is 1. The van der Waals surface area contributed by atoms with E-state index in [-0.39, 0.29) is 0 Å². The maximum atomic E-state index is 6.32. The van der Waals surface area contributed by atoms with E-state index in [0.717, 1.165) is 39.0 Å². The van der Waals surface area contributed by atoms with Crippen LogP contribution in [0.25, 0.3) is 32.9 Å². The first-order valence-corrected chi connectivity index (χ1v) is 11.3. The van der Waals surface area contributed by atoms with Crippen molar-refractivity contribution in [3.63, 3.8) is 0 Å². The number of aromatic nitrogens is 1. The van der Waals surface area contributed by atoms with Crippen molar-refractivity contribution in [3.8, 4) is 11.1 Å². The minimum absolute atomic E-state index is 0.455. The third-order valence-electron chi connectivity index (χ3n) is 6.26. The Morgan fingerprint density at radius 3 is 1.97 bits per heavy atom. The Hall–Kier alpha value is -4.57. The van der Waals surface area contributed by atoms with Gasteiger partial charge >= 0.3 is 0 Å². The number of benzene rings is 4. The minimum Gasteiger partial charge on any atom is -0.470 e. The molecule has 0 unspecified atom stereocenters. The van der Waals surface area contributed by atoms with E-state index in [1.54, 1.807) is 12.5 Å². The van der Waals surface area contributed by atoms with E-state index in [4.69, 9.17) is 15.1 Å². The summed E-state index contributed by atoms with van der Waals surface area (Å²) in [6, 6.07) is 35.6. The average molecular weight is 442 g/mol. The standard InChI is InChI=1S/C30H23N3O/c31-27-19-34-18-26(27)30(25-15-5-4-12-22(25)21-10-2-1-3-11-21)32-20-33-28-16-8-6-13-23(28)24-14-7-9-17-29(24)33/h1-19H,20,31H2/b32-30-. The largest absolute Gasteiger partial charge is 0.470 e. The lowest BCUT2D eigenvalue weighted by Gasteiger charge is -2.13. The highest BCUT2D eigenvalue weighted by Gasteiger charge is 2.17. The number of nitrogen functional groups attached to an aromatic ring is 1. The first-order chi connectivity index (χ1) is 16.8. The molecular weight excluding hydrogens is 418 g/mol. The van der Waals surface area contributed by atoms with Crippen molar-refractivity contribution in [1.82, 2.24) is 4.57 Å². The van der Waals surface area contributed by atoms with Crippen molar-refractivity contribution in [3.05, 3.63) is 127 Å². The third kappa shape index (κ3) is 3.37. The van der Waals surface area contributed by atoms with Crippen LogP contribution in [0.2, 0.25) is 0 Å². The van der Waals surface area contributed by atoms with E-state index in [0.29, 0.717) is 12.4 Å². The first-order valence-electron chi connectivity index (χ1n) is 11.3. The number of para-hydroxylation sites is 2. The maximum Gasteiger partial charge on any atom is 0.115 e. The van der Waals surface area contributed by atoms with E-state index in [9.17, 15) is 0 Å². The molecule has 2 aromatic heterocycles. The monoisotopic (exact) mass is 441 g/mol. The minimum atomic E-state index is 0.455. The van der Waals surface area contributed by atoms with Crippen LogP contribution in [0, 0.1) is 0 Å². The molecule has 164 valence electrons. The van der Waals surface area contributed by atoms with Gasteiger partial charge in [0.2, 0.25) is 0 Å². The molecule has 2 heterocycles. The van der Waals surface area contributed by atoms with Crippen LogP contribution in [0.3, 0.4) is 0 Å². The zero-order valence-corrected chi connectivity index (χ0v) is 18.6. The highest BCUT2D eigenvalue weighted by molar-refractivity contribution is 6.18. The summed E-state index contributed by atoms with van der Waals surface area (Å²) in [5.41, 5.74) is 14.1. The molecule has 6 aromatic rings. The number of hydrogen-bond acceptors (Lipinski definition) is 3. The Morgan fingerprint density at radius 2 is 1.29 bits per heavy atom. The van der Waals surface area contributed by atoms with Crippen molar-refractivity contribution < 1.29 is 4.42 Å². The fourth-order valence-electron chi connectivity index (χ4n) is 4.67. The molecule has 0 radical (unpaired) electrons. The summed E-state index contributed by atoms with van der Waals surface area (Å²) in [5.74, 6) is 0. The Labute approximate surface area is 197 Å². The van der Waals surface area contributed by atoms with Crippen molar-refractivity contribution in [2.75, 3.05) is 5.73 Å². The van der Waals surface area contributed by atoms with Crippen molar-refractivity contribution in [1.29, 1.82) is 0 Å². The molecule has 0 aliphatic carbocycles. The summed E-state index contributed by atoms with van der Waals surface area (Å²) in [6.45, 7) is 0.455. The second-order valence-electron chi connectivity index (χ2n) is 8.26. The van der Waals surface area contributed by atoms with Crippen LogP contribution in [-0.2, 0) is 6.67 Å². The van der Waals surface area contributed by atoms with Gasteiger partial charge in [-0.2, -0.15) is 0 Å². The summed E-state index contributed by atoms with van der Waals surface area (Å²) in [7, 11) is 0. The normalized spacial score (nSPS) is 11.9. The van der Waals surface area contributed by atoms with Gasteiger partial charge < -0.3 is 14.7 Å². The number of furan rings is 1. The molecule has 34 heavy (non-hydrogen) atoms. The predicted molar refractivity (Wildman–Crippen MR) is 140 cm³/mol. The number of nitrogens with zero attached hydrogens (tertiary/aromatic N) is 2. The average Bonchev–Trinajstić information content (AvgIpc) is 3.46. The van der Waals surface area contributed by atoms with Gasteiger partial charge in [0.15, 0.2) is 0 Å². The summed E-state index contributed by atoms with van der Waals surface area (Å²) < 4.78 is 7.71. The quantitative estimate of drug-likeness (QED) is 0.289. The van der Waals surface area contributed by atoms with Gasteiger partial charge in [0, 0.05) is 16.3 Å². The molecule has 0 bridgehead atoms. The molecule has 0 aliphatic rings. The number of aliphatic imine (C=N–C) groups is 1. The highest BCUT2D eigenvalue weighted by atomic mass is 16.3. The van der Waals surface area contributed by atoms with Gasteiger partial charge in [-0.3, -0.25) is 4.99 Å². The Bertz CT molecular complexity index is 1590. The Morgan fingerprint density at radius 1 is 0.676 bits per heavy atom. The highest BCUT2D eigenvalue weighted by Crippen LogP contribution is 2.31. The topological polar surface area (TPSA) is 56.4 Å². The predicted octanol–water partition coefficient (Wildman–Crippen LogP) is 7.13. The lowest BCUT2D eigenvalue weighted by molar-refractivity contribution is 0.568. The number of nitrogens with two attached hydrogens (primary N) is 1. The lowest BCUT2D eigenvalue weighted by Crippen LogP contribution is -2.09. The molecule has 6 rings (SSSR count). The zero-order valence-electron chi connectivity index (χ0n) is 18.6. The Balaban J connectivity index is 1.55. The lowest BCUT2D eigenvalue weighted by atomic mass is 9.94. The van der Waals surface area contributed by atoms with Crippen molar-refractivity contribution in [2.24, 2.45) is 4.99 Å². The molecule has 0 spiro atoms. The van der Waals surface area contributed by atoms with E-state index in [1.165, 1.54) is 10.8 Å².